The summed E-state index contributed by atoms with van der Waals surface area (Å²) >= 11 is 6.56. The molecular weight excluding hydrogens is 514 g/mol. The van der Waals surface area contributed by atoms with Gasteiger partial charge in [-0.15, -0.1) is 0 Å². The summed E-state index contributed by atoms with van der Waals surface area (Å²) in [5.41, 5.74) is 0.175. The predicted octanol–water partition coefficient (Wildman–Crippen LogP) is 4.70. The summed E-state index contributed by atoms with van der Waals surface area (Å²) in [7, 11) is 1.40. The van der Waals surface area contributed by atoms with Crippen LogP contribution in [0, 0.1) is 11.6 Å². The first-order chi connectivity index (χ1) is 18.3. The predicted molar refractivity (Wildman–Crippen MR) is 138 cm³/mol. The van der Waals surface area contributed by atoms with Crippen molar-refractivity contribution < 1.29 is 28.5 Å². The van der Waals surface area contributed by atoms with E-state index in [9.17, 15) is 15.0 Å². The summed E-state index contributed by atoms with van der Waals surface area (Å²) in [6.07, 6.45) is -0.487. The van der Waals surface area contributed by atoms with E-state index >= 15 is 8.78 Å². The molecule has 2 aliphatic heterocycles. The van der Waals surface area contributed by atoms with Gasteiger partial charge in [-0.3, -0.25) is 4.79 Å². The van der Waals surface area contributed by atoms with Crippen molar-refractivity contribution in [2.24, 2.45) is 0 Å². The van der Waals surface area contributed by atoms with Crippen molar-refractivity contribution in [3.8, 4) is 16.9 Å². The highest BCUT2D eigenvalue weighted by molar-refractivity contribution is 6.34. The second-order valence-electron chi connectivity index (χ2n) is 10.2. The molecule has 1 saturated heterocycles. The number of carbonyl (C=O) groups excluding carboxylic acids is 1. The fraction of sp³-hybridized carbons (Fsp3) is 0.345. The van der Waals surface area contributed by atoms with E-state index in [1.807, 2.05) is 30.3 Å². The molecule has 3 aliphatic rings. The maximum absolute atomic E-state index is 16.4. The molecular formula is C29H27ClF2N2O4. The Bertz CT molecular complexity index is 1440. The normalized spacial score (nSPS) is 25.7. The smallest absolute Gasteiger partial charge is 0.251 e. The van der Waals surface area contributed by atoms with Crippen LogP contribution < -0.4 is 15.4 Å². The molecule has 0 radical (unpaired) electrons. The number of halogens is 3. The zero-order valence-electron chi connectivity index (χ0n) is 20.7. The first kappa shape index (κ1) is 25.2. The third-order valence-electron chi connectivity index (χ3n) is 8.10. The Labute approximate surface area is 223 Å². The summed E-state index contributed by atoms with van der Waals surface area (Å²) in [6, 6.07) is 12.1. The summed E-state index contributed by atoms with van der Waals surface area (Å²) in [6.45, 7) is 0.807. The molecule has 2 heterocycles. The average Bonchev–Trinajstić information content (AvgIpc) is 3.64. The highest BCUT2D eigenvalue weighted by atomic mass is 35.5. The van der Waals surface area contributed by atoms with Crippen LogP contribution in [0.15, 0.2) is 42.5 Å². The van der Waals surface area contributed by atoms with E-state index in [0.717, 1.165) is 24.9 Å². The van der Waals surface area contributed by atoms with Gasteiger partial charge in [0.15, 0.2) is 5.60 Å². The number of fused-ring (bicyclic) bond motifs is 2. The Kier molecular flexibility index (Phi) is 6.18. The molecule has 38 heavy (non-hydrogen) atoms. The van der Waals surface area contributed by atoms with Crippen LogP contribution >= 0.6 is 11.6 Å². The molecule has 0 unspecified atom stereocenters. The fourth-order valence-corrected chi connectivity index (χ4v) is 6.60. The molecule has 9 heteroatoms. The van der Waals surface area contributed by atoms with Gasteiger partial charge >= 0.3 is 0 Å². The van der Waals surface area contributed by atoms with Gasteiger partial charge in [-0.2, -0.15) is 0 Å². The Hall–Kier alpha value is -3.04. The summed E-state index contributed by atoms with van der Waals surface area (Å²) < 4.78 is 38.3. The van der Waals surface area contributed by atoms with Gasteiger partial charge in [0.25, 0.3) is 5.91 Å². The van der Waals surface area contributed by atoms with E-state index in [2.05, 4.69) is 10.6 Å². The second kappa shape index (κ2) is 9.31. The van der Waals surface area contributed by atoms with Crippen molar-refractivity contribution >= 4 is 17.5 Å². The quantitative estimate of drug-likeness (QED) is 0.385. The second-order valence-corrected chi connectivity index (χ2v) is 10.5. The number of ether oxygens (including phenoxy) is 1. The van der Waals surface area contributed by atoms with E-state index in [0.29, 0.717) is 5.56 Å². The van der Waals surface area contributed by atoms with Crippen molar-refractivity contribution in [1.82, 2.24) is 10.6 Å². The molecule has 6 rings (SSSR count). The minimum atomic E-state index is -1.28. The Balaban J connectivity index is 1.62. The molecule has 0 spiro atoms. The molecule has 4 atom stereocenters. The van der Waals surface area contributed by atoms with Gasteiger partial charge in [0, 0.05) is 48.2 Å². The van der Waals surface area contributed by atoms with Gasteiger partial charge in [-0.05, 0) is 36.6 Å². The van der Waals surface area contributed by atoms with E-state index in [1.54, 1.807) is 0 Å². The number of hydrogen-bond donors (Lipinski definition) is 4. The third-order valence-corrected chi connectivity index (χ3v) is 8.47. The van der Waals surface area contributed by atoms with Crippen LogP contribution in [0.3, 0.4) is 0 Å². The van der Waals surface area contributed by atoms with Crippen LogP contribution in [0.2, 0.25) is 5.02 Å². The van der Waals surface area contributed by atoms with Gasteiger partial charge in [-0.1, -0.05) is 41.9 Å². The number of rotatable bonds is 4. The number of carbonyl (C=O) groups is 1. The summed E-state index contributed by atoms with van der Waals surface area (Å²) in [5, 5.41) is 26.6. The fourth-order valence-electron chi connectivity index (χ4n) is 6.34. The Morgan fingerprint density at radius 2 is 1.92 bits per heavy atom. The van der Waals surface area contributed by atoms with E-state index in [4.69, 9.17) is 16.3 Å². The number of amides is 1. The van der Waals surface area contributed by atoms with Crippen molar-refractivity contribution in [2.75, 3.05) is 13.6 Å². The van der Waals surface area contributed by atoms with Gasteiger partial charge in [0.1, 0.15) is 17.4 Å². The summed E-state index contributed by atoms with van der Waals surface area (Å²) in [5.74, 6) is -2.12. The summed E-state index contributed by atoms with van der Waals surface area (Å²) in [4.78, 5) is 13.0. The molecule has 0 aromatic heterocycles. The molecule has 0 saturated carbocycles. The monoisotopic (exact) mass is 540 g/mol. The van der Waals surface area contributed by atoms with Gasteiger partial charge in [0.2, 0.25) is 0 Å². The van der Waals surface area contributed by atoms with Crippen molar-refractivity contribution in [1.29, 1.82) is 0 Å². The average molecular weight is 541 g/mol. The van der Waals surface area contributed by atoms with E-state index in [1.165, 1.54) is 19.2 Å². The molecule has 3 aromatic carbocycles. The number of aliphatic hydroxyl groups is 2. The van der Waals surface area contributed by atoms with Crippen LogP contribution in [-0.2, 0) is 12.0 Å². The lowest BCUT2D eigenvalue weighted by atomic mass is 9.80. The lowest BCUT2D eigenvalue weighted by Gasteiger charge is -2.35. The highest BCUT2D eigenvalue weighted by Crippen LogP contribution is 2.53. The Morgan fingerprint density at radius 3 is 2.61 bits per heavy atom. The first-order valence-corrected chi connectivity index (χ1v) is 13.1. The highest BCUT2D eigenvalue weighted by Gasteiger charge is 2.50. The number of aliphatic hydroxyl groups excluding tert-OH is 2. The van der Waals surface area contributed by atoms with Crippen molar-refractivity contribution in [2.45, 2.75) is 49.5 Å². The third kappa shape index (κ3) is 3.66. The maximum atomic E-state index is 16.4. The lowest BCUT2D eigenvalue weighted by molar-refractivity contribution is 0.0539. The molecule has 1 aliphatic carbocycles. The molecule has 4 N–H and O–H groups in total. The lowest BCUT2D eigenvalue weighted by Crippen LogP contribution is -2.48. The largest absolute Gasteiger partial charge is 0.480 e. The van der Waals surface area contributed by atoms with E-state index in [-0.39, 0.29) is 57.5 Å². The van der Waals surface area contributed by atoms with Crippen LogP contribution in [0.5, 0.6) is 5.75 Å². The molecule has 0 bridgehead atoms. The maximum Gasteiger partial charge on any atom is 0.251 e. The topological polar surface area (TPSA) is 90.8 Å². The van der Waals surface area contributed by atoms with E-state index < -0.39 is 35.4 Å². The van der Waals surface area contributed by atoms with Crippen LogP contribution in [0.1, 0.15) is 64.1 Å². The van der Waals surface area contributed by atoms with Crippen LogP contribution in [0.25, 0.3) is 11.1 Å². The number of benzene rings is 3. The molecule has 6 nitrogen and oxygen atoms in total. The number of hydrogen-bond acceptors (Lipinski definition) is 5. The van der Waals surface area contributed by atoms with Crippen molar-refractivity contribution in [3.05, 3.63) is 86.9 Å². The van der Waals surface area contributed by atoms with Crippen LogP contribution in [0.4, 0.5) is 8.78 Å². The zero-order valence-corrected chi connectivity index (χ0v) is 21.4. The van der Waals surface area contributed by atoms with Gasteiger partial charge in [0.05, 0.1) is 28.8 Å². The SMILES string of the molecule is CNC(=O)c1cc2c(c(F)c1-c1c(Cl)c(F)cc3c1C[C@](c1ccccc1)([C@@H]1CCCN1)O3)[C@@H](O)C[C@H]2O. The molecule has 1 fully saturated rings. The molecule has 198 valence electrons. The van der Waals surface area contributed by atoms with Crippen molar-refractivity contribution in [3.63, 3.8) is 0 Å². The minimum absolute atomic E-state index is 0.0185. The molecule has 1 amide bonds. The first-order valence-electron chi connectivity index (χ1n) is 12.7. The van der Waals surface area contributed by atoms with Crippen LogP contribution in [-0.4, -0.2) is 35.8 Å². The minimum Gasteiger partial charge on any atom is -0.480 e. The van der Waals surface area contributed by atoms with Gasteiger partial charge in [-0.25, -0.2) is 8.78 Å². The molecule has 3 aromatic rings. The zero-order chi connectivity index (χ0) is 26.8. The Morgan fingerprint density at radius 1 is 1.16 bits per heavy atom. The van der Waals surface area contributed by atoms with Gasteiger partial charge < -0.3 is 25.6 Å². The number of nitrogens with one attached hydrogen (secondary N) is 2. The standard InChI is InChI=1S/C29H27ClF2N2O4/c1-33-28(37)16-10-15-19(35)12-20(36)23(15)27(32)25(16)24-17-13-29(22-8-5-9-34-22,14-6-3-2-4-7-14)38-21(17)11-18(31)26(24)30/h2-4,6-7,10-11,19-20,22,34-36H,5,8-9,12-13H2,1H3,(H,33,37)/t19-,20+,22+,29+/m1/s1.